The van der Waals surface area contributed by atoms with Crippen molar-refractivity contribution in [3.8, 4) is 0 Å². The van der Waals surface area contributed by atoms with Crippen LogP contribution in [0.2, 0.25) is 0 Å². The van der Waals surface area contributed by atoms with Crippen molar-refractivity contribution in [2.45, 2.75) is 42.1 Å². The molecular formula is C13H15F7O8S. The van der Waals surface area contributed by atoms with E-state index in [9.17, 15) is 49.1 Å². The number of hydrogen-bond acceptors (Lipinski definition) is 7. The van der Waals surface area contributed by atoms with E-state index in [-0.39, 0.29) is 0 Å². The summed E-state index contributed by atoms with van der Waals surface area (Å²) in [6.07, 6.45) is -9.66. The molecule has 0 aromatic carbocycles. The van der Waals surface area contributed by atoms with Gasteiger partial charge in [0.05, 0.1) is 31.8 Å². The number of alkyl halides is 7. The Bertz CT molecular complexity index is 736. The molecule has 0 radical (unpaired) electrons. The van der Waals surface area contributed by atoms with E-state index in [1.165, 1.54) is 0 Å². The van der Waals surface area contributed by atoms with E-state index in [0.29, 0.717) is 0 Å². The highest BCUT2D eigenvalue weighted by atomic mass is 32.2. The van der Waals surface area contributed by atoms with Crippen LogP contribution in [-0.4, -0.2) is 73.1 Å². The van der Waals surface area contributed by atoms with E-state index in [1.807, 2.05) is 0 Å². The fourth-order valence-corrected chi connectivity index (χ4v) is 2.43. The van der Waals surface area contributed by atoms with Crippen molar-refractivity contribution in [2.24, 2.45) is 0 Å². The first-order chi connectivity index (χ1) is 12.8. The summed E-state index contributed by atoms with van der Waals surface area (Å²) < 4.78 is 132. The van der Waals surface area contributed by atoms with Gasteiger partial charge < -0.3 is 19.3 Å². The maximum absolute atomic E-state index is 13.2. The monoisotopic (exact) mass is 464 g/mol. The van der Waals surface area contributed by atoms with Gasteiger partial charge in [0.2, 0.25) is 0 Å². The van der Waals surface area contributed by atoms with Crippen molar-refractivity contribution in [3.05, 3.63) is 12.2 Å². The van der Waals surface area contributed by atoms with E-state index in [0.717, 1.165) is 0 Å². The zero-order chi connectivity index (χ0) is 22.9. The van der Waals surface area contributed by atoms with Crippen LogP contribution in [-0.2, 0) is 29.1 Å². The van der Waals surface area contributed by atoms with E-state index in [1.54, 1.807) is 0 Å². The van der Waals surface area contributed by atoms with Gasteiger partial charge in [0.15, 0.2) is 0 Å². The lowest BCUT2D eigenvalue weighted by molar-refractivity contribution is -0.349. The number of hydrogen-bond donors (Lipinski definition) is 2. The van der Waals surface area contributed by atoms with Crippen LogP contribution >= 0.6 is 0 Å². The SMILES string of the molecule is C=C(COCCC(F)(F)C(F)(F)S(=O)(=O)O)C(=O)OC1COC(O)(C(F)(F)F)C1. The molecule has 1 rings (SSSR count). The number of halogens is 7. The molecule has 2 N–H and O–H groups in total. The van der Waals surface area contributed by atoms with Crippen molar-refractivity contribution in [2.75, 3.05) is 19.8 Å². The van der Waals surface area contributed by atoms with Gasteiger partial charge in [-0.1, -0.05) is 6.58 Å². The summed E-state index contributed by atoms with van der Waals surface area (Å²) in [6, 6.07) is 0. The molecule has 2 atom stereocenters. The van der Waals surface area contributed by atoms with Crippen molar-refractivity contribution >= 4 is 16.1 Å². The van der Waals surface area contributed by atoms with E-state index < -0.39 is 83.6 Å². The summed E-state index contributed by atoms with van der Waals surface area (Å²) in [5.41, 5.74) is -0.600. The Kier molecular flexibility index (Phi) is 7.34. The zero-order valence-electron chi connectivity index (χ0n) is 14.2. The first-order valence-electron chi connectivity index (χ1n) is 7.46. The summed E-state index contributed by atoms with van der Waals surface area (Å²) in [4.78, 5) is 11.6. The predicted molar refractivity (Wildman–Crippen MR) is 77.5 cm³/mol. The largest absolute Gasteiger partial charge is 0.456 e. The normalized spacial score (nSPS) is 23.8. The Hall–Kier alpha value is -1.49. The van der Waals surface area contributed by atoms with Crippen LogP contribution in [0.3, 0.4) is 0 Å². The number of carbonyl (C=O) groups excluding carboxylic acids is 1. The Morgan fingerprint density at radius 2 is 1.76 bits per heavy atom. The van der Waals surface area contributed by atoms with Crippen LogP contribution in [0.5, 0.6) is 0 Å². The molecule has 0 saturated carbocycles. The smallest absolute Gasteiger partial charge is 0.443 e. The van der Waals surface area contributed by atoms with Crippen molar-refractivity contribution in [1.29, 1.82) is 0 Å². The summed E-state index contributed by atoms with van der Waals surface area (Å²) in [7, 11) is -6.40. The molecule has 0 aromatic rings. The Labute approximate surface area is 159 Å². The number of carbonyl (C=O) groups is 1. The number of ether oxygens (including phenoxy) is 3. The molecule has 0 bridgehead atoms. The van der Waals surface area contributed by atoms with Crippen LogP contribution in [0.15, 0.2) is 12.2 Å². The van der Waals surface area contributed by atoms with Gasteiger partial charge >= 0.3 is 33.4 Å². The average Bonchev–Trinajstić information content (AvgIpc) is 2.92. The molecule has 0 aromatic heterocycles. The van der Waals surface area contributed by atoms with E-state index in [2.05, 4.69) is 20.8 Å². The molecule has 16 heteroatoms. The summed E-state index contributed by atoms with van der Waals surface area (Å²) in [5.74, 6) is -10.1. The maximum Gasteiger partial charge on any atom is 0.443 e. The molecular weight excluding hydrogens is 449 g/mol. The molecule has 2 unspecified atom stereocenters. The molecule has 1 heterocycles. The summed E-state index contributed by atoms with van der Waals surface area (Å²) in [5, 5.41) is 3.46. The molecule has 8 nitrogen and oxygen atoms in total. The molecule has 1 fully saturated rings. The average molecular weight is 464 g/mol. The fraction of sp³-hybridized carbons (Fsp3) is 0.769. The molecule has 1 aliphatic heterocycles. The van der Waals surface area contributed by atoms with Crippen LogP contribution in [0.1, 0.15) is 12.8 Å². The second-order valence-electron chi connectivity index (χ2n) is 5.93. The molecule has 29 heavy (non-hydrogen) atoms. The Morgan fingerprint density at radius 1 is 1.21 bits per heavy atom. The summed E-state index contributed by atoms with van der Waals surface area (Å²) >= 11 is 0. The molecule has 1 saturated heterocycles. The van der Waals surface area contributed by atoms with Crippen LogP contribution < -0.4 is 0 Å². The minimum Gasteiger partial charge on any atom is -0.456 e. The highest BCUT2D eigenvalue weighted by Gasteiger charge is 2.65. The minimum atomic E-state index is -6.40. The number of aliphatic hydroxyl groups is 1. The third-order valence-electron chi connectivity index (χ3n) is 3.60. The van der Waals surface area contributed by atoms with Crippen molar-refractivity contribution in [1.82, 2.24) is 0 Å². The third kappa shape index (κ3) is 5.78. The van der Waals surface area contributed by atoms with Crippen LogP contribution in [0.25, 0.3) is 0 Å². The number of rotatable bonds is 9. The van der Waals surface area contributed by atoms with Crippen LogP contribution in [0.4, 0.5) is 30.7 Å². The topological polar surface area (TPSA) is 119 Å². The first kappa shape index (κ1) is 25.5. The lowest BCUT2D eigenvalue weighted by Crippen LogP contribution is -2.47. The first-order valence-corrected chi connectivity index (χ1v) is 8.90. The van der Waals surface area contributed by atoms with Gasteiger partial charge in [0.25, 0.3) is 5.79 Å². The quantitative estimate of drug-likeness (QED) is 0.174. The Balaban J connectivity index is 2.47. The third-order valence-corrected chi connectivity index (χ3v) is 4.55. The number of esters is 1. The molecule has 170 valence electrons. The lowest BCUT2D eigenvalue weighted by atomic mass is 10.1. The van der Waals surface area contributed by atoms with Gasteiger partial charge in [-0.15, -0.1) is 0 Å². The molecule has 0 aliphatic carbocycles. The highest BCUT2D eigenvalue weighted by molar-refractivity contribution is 7.87. The fourth-order valence-electron chi connectivity index (χ4n) is 1.95. The van der Waals surface area contributed by atoms with Gasteiger partial charge in [0.1, 0.15) is 6.10 Å². The van der Waals surface area contributed by atoms with Gasteiger partial charge in [-0.3, -0.25) is 4.55 Å². The Morgan fingerprint density at radius 3 is 2.21 bits per heavy atom. The molecule has 0 amide bonds. The van der Waals surface area contributed by atoms with Gasteiger partial charge in [-0.25, -0.2) is 4.79 Å². The predicted octanol–water partition coefficient (Wildman–Crippen LogP) is 1.65. The minimum absolute atomic E-state index is 0.600. The highest BCUT2D eigenvalue weighted by Crippen LogP contribution is 2.41. The summed E-state index contributed by atoms with van der Waals surface area (Å²) in [6.45, 7) is 0.233. The molecule has 0 spiro atoms. The van der Waals surface area contributed by atoms with Crippen molar-refractivity contribution < 1.29 is 67.8 Å². The molecule has 1 aliphatic rings. The van der Waals surface area contributed by atoms with Gasteiger partial charge in [-0.05, 0) is 0 Å². The van der Waals surface area contributed by atoms with Gasteiger partial charge in [-0.2, -0.15) is 39.2 Å². The van der Waals surface area contributed by atoms with Crippen LogP contribution in [0, 0.1) is 0 Å². The standard InChI is InChI=1S/C13H15F7O8S/c1-7(5-26-3-2-10(14,15)13(19,20)29(23,24)25)9(21)28-8-4-11(22,27-6-8)12(16,17)18/h8,22H,1-6H2,(H,23,24,25). The second-order valence-corrected chi connectivity index (χ2v) is 7.39. The lowest BCUT2D eigenvalue weighted by Gasteiger charge is -2.24. The second kappa shape index (κ2) is 8.33. The van der Waals surface area contributed by atoms with Crippen molar-refractivity contribution in [3.63, 3.8) is 0 Å². The zero-order valence-corrected chi connectivity index (χ0v) is 15.0. The maximum atomic E-state index is 13.2. The van der Waals surface area contributed by atoms with Gasteiger partial charge in [0, 0.05) is 6.42 Å². The van der Waals surface area contributed by atoms with E-state index in [4.69, 9.17) is 4.55 Å². The van der Waals surface area contributed by atoms with E-state index >= 15 is 0 Å².